The zero-order valence-electron chi connectivity index (χ0n) is 16.3. The minimum atomic E-state index is 0.737. The van der Waals surface area contributed by atoms with E-state index in [2.05, 4.69) is 48.6 Å². The number of para-hydroxylation sites is 1. The average Bonchev–Trinajstić information content (AvgIpc) is 3.03. The number of hydrogen-bond donors (Lipinski definition) is 1. The van der Waals surface area contributed by atoms with E-state index < -0.39 is 0 Å². The normalized spacial score (nSPS) is 12.2. The molecule has 1 aliphatic carbocycles. The van der Waals surface area contributed by atoms with Gasteiger partial charge in [-0.05, 0) is 37.9 Å². The highest BCUT2D eigenvalue weighted by atomic mass is 16.5. The van der Waals surface area contributed by atoms with Crippen molar-refractivity contribution >= 4 is 16.6 Å². The second kappa shape index (κ2) is 7.08. The summed E-state index contributed by atoms with van der Waals surface area (Å²) in [6.07, 6.45) is 0.840. The molecule has 0 spiro atoms. The first-order valence-electron chi connectivity index (χ1n) is 9.18. The van der Waals surface area contributed by atoms with E-state index in [1.165, 1.54) is 22.2 Å². The lowest BCUT2D eigenvalue weighted by Gasteiger charge is -2.16. The number of methoxy groups -OCH3 is 2. The van der Waals surface area contributed by atoms with Gasteiger partial charge in [-0.15, -0.1) is 0 Å². The van der Waals surface area contributed by atoms with Crippen LogP contribution < -0.4 is 14.8 Å². The summed E-state index contributed by atoms with van der Waals surface area (Å²) in [6, 6.07) is 12.4. The summed E-state index contributed by atoms with van der Waals surface area (Å²) in [5.41, 5.74) is 6.83. The van der Waals surface area contributed by atoms with Gasteiger partial charge in [0, 0.05) is 41.7 Å². The Morgan fingerprint density at radius 3 is 2.56 bits per heavy atom. The minimum absolute atomic E-state index is 0.737. The summed E-state index contributed by atoms with van der Waals surface area (Å²) in [4.78, 5) is 7.17. The summed E-state index contributed by atoms with van der Waals surface area (Å²) in [6.45, 7) is 1.86. The number of nitrogens with zero attached hydrogens (tertiary/aromatic N) is 2. The van der Waals surface area contributed by atoms with Crippen molar-refractivity contribution in [2.24, 2.45) is 0 Å². The van der Waals surface area contributed by atoms with Gasteiger partial charge in [0.05, 0.1) is 25.4 Å². The molecular formula is C22H25N3O2. The molecular weight excluding hydrogens is 338 g/mol. The standard InChI is InChI=1S/C22H25N3O2/c1-25(2)10-9-23-21-15-7-5-6-8-18(15)24-22-16-13-20(27-4)19(26-3)12-14(16)11-17(21)22/h5-8,12-13H,9-11H2,1-4H3,(H,23,24). The Labute approximate surface area is 159 Å². The molecule has 3 aromatic rings. The van der Waals surface area contributed by atoms with Crippen molar-refractivity contribution in [1.82, 2.24) is 9.88 Å². The molecule has 0 amide bonds. The highest BCUT2D eigenvalue weighted by Crippen LogP contribution is 2.45. The highest BCUT2D eigenvalue weighted by molar-refractivity contribution is 5.98. The summed E-state index contributed by atoms with van der Waals surface area (Å²) in [5, 5.41) is 4.84. The third-order valence-electron chi connectivity index (χ3n) is 5.09. The molecule has 0 aliphatic heterocycles. The zero-order chi connectivity index (χ0) is 19.0. The van der Waals surface area contributed by atoms with Gasteiger partial charge < -0.3 is 19.7 Å². The molecule has 1 aliphatic rings. The number of fused-ring (bicyclic) bond motifs is 4. The molecule has 5 heteroatoms. The van der Waals surface area contributed by atoms with Crippen LogP contribution in [0.4, 0.5) is 5.69 Å². The van der Waals surface area contributed by atoms with Crippen LogP contribution in [0.1, 0.15) is 11.1 Å². The van der Waals surface area contributed by atoms with Gasteiger partial charge in [0.15, 0.2) is 11.5 Å². The van der Waals surface area contributed by atoms with Crippen molar-refractivity contribution in [1.29, 1.82) is 0 Å². The Balaban J connectivity index is 1.86. The smallest absolute Gasteiger partial charge is 0.161 e. The van der Waals surface area contributed by atoms with E-state index in [1.54, 1.807) is 14.2 Å². The number of likely N-dealkylation sites (N-methyl/N-ethyl adjacent to an activating group) is 1. The van der Waals surface area contributed by atoms with Gasteiger partial charge in [0.2, 0.25) is 0 Å². The maximum absolute atomic E-state index is 5.51. The maximum atomic E-state index is 5.51. The van der Waals surface area contributed by atoms with Gasteiger partial charge in [-0.25, -0.2) is 4.98 Å². The van der Waals surface area contributed by atoms with E-state index in [0.717, 1.165) is 47.8 Å². The first-order chi connectivity index (χ1) is 13.1. The second-order valence-electron chi connectivity index (χ2n) is 7.10. The van der Waals surface area contributed by atoms with Crippen LogP contribution in [0.25, 0.3) is 22.2 Å². The van der Waals surface area contributed by atoms with Crippen LogP contribution in [0.2, 0.25) is 0 Å². The molecule has 0 bridgehead atoms. The average molecular weight is 363 g/mol. The Kier molecular flexibility index (Phi) is 4.62. The maximum Gasteiger partial charge on any atom is 0.161 e. The molecule has 0 radical (unpaired) electrons. The van der Waals surface area contributed by atoms with Gasteiger partial charge in [0.1, 0.15) is 0 Å². The van der Waals surface area contributed by atoms with Crippen molar-refractivity contribution in [2.45, 2.75) is 6.42 Å². The first kappa shape index (κ1) is 17.6. The zero-order valence-corrected chi connectivity index (χ0v) is 16.3. The van der Waals surface area contributed by atoms with E-state index >= 15 is 0 Å². The van der Waals surface area contributed by atoms with Crippen molar-refractivity contribution in [2.75, 3.05) is 46.7 Å². The Morgan fingerprint density at radius 2 is 1.81 bits per heavy atom. The molecule has 0 saturated heterocycles. The van der Waals surface area contributed by atoms with Gasteiger partial charge in [0.25, 0.3) is 0 Å². The molecule has 1 N–H and O–H groups in total. The predicted octanol–water partition coefficient (Wildman–Crippen LogP) is 3.80. The van der Waals surface area contributed by atoms with E-state index in [0.29, 0.717) is 0 Å². The fourth-order valence-corrected chi connectivity index (χ4v) is 3.73. The van der Waals surface area contributed by atoms with Gasteiger partial charge in [-0.3, -0.25) is 0 Å². The van der Waals surface area contributed by atoms with Crippen LogP contribution in [0.5, 0.6) is 11.5 Å². The number of aromatic nitrogens is 1. The SMILES string of the molecule is COc1cc2c(cc1OC)-c1nc3ccccc3c(NCCN(C)C)c1C2. The number of ether oxygens (including phenoxy) is 2. The molecule has 5 nitrogen and oxygen atoms in total. The Hall–Kier alpha value is -2.79. The van der Waals surface area contributed by atoms with Crippen LogP contribution in [-0.4, -0.2) is 51.3 Å². The molecule has 0 atom stereocenters. The largest absolute Gasteiger partial charge is 0.493 e. The minimum Gasteiger partial charge on any atom is -0.493 e. The monoisotopic (exact) mass is 363 g/mol. The lowest BCUT2D eigenvalue weighted by atomic mass is 10.1. The molecule has 0 saturated carbocycles. The summed E-state index contributed by atoms with van der Waals surface area (Å²) >= 11 is 0. The summed E-state index contributed by atoms with van der Waals surface area (Å²) < 4.78 is 11.0. The first-order valence-corrected chi connectivity index (χ1v) is 9.18. The molecule has 1 heterocycles. The van der Waals surface area contributed by atoms with Gasteiger partial charge in [-0.2, -0.15) is 0 Å². The Morgan fingerprint density at radius 1 is 1.07 bits per heavy atom. The lowest BCUT2D eigenvalue weighted by Crippen LogP contribution is -2.21. The number of rotatable bonds is 6. The number of nitrogens with one attached hydrogen (secondary N) is 1. The third-order valence-corrected chi connectivity index (χ3v) is 5.09. The molecule has 2 aromatic carbocycles. The molecule has 0 unspecified atom stereocenters. The lowest BCUT2D eigenvalue weighted by molar-refractivity contribution is 0.355. The predicted molar refractivity (Wildman–Crippen MR) is 110 cm³/mol. The van der Waals surface area contributed by atoms with E-state index in [-0.39, 0.29) is 0 Å². The van der Waals surface area contributed by atoms with Crippen LogP contribution in [0, 0.1) is 0 Å². The molecule has 1 aromatic heterocycles. The highest BCUT2D eigenvalue weighted by Gasteiger charge is 2.26. The van der Waals surface area contributed by atoms with Gasteiger partial charge in [-0.1, -0.05) is 18.2 Å². The van der Waals surface area contributed by atoms with Crippen molar-refractivity contribution in [3.8, 4) is 22.8 Å². The molecule has 4 rings (SSSR count). The van der Waals surface area contributed by atoms with Crippen LogP contribution in [0.3, 0.4) is 0 Å². The molecule has 140 valence electrons. The molecule has 27 heavy (non-hydrogen) atoms. The molecule has 0 fully saturated rings. The summed E-state index contributed by atoms with van der Waals surface area (Å²) in [7, 11) is 7.52. The number of pyridine rings is 1. The van der Waals surface area contributed by atoms with Crippen LogP contribution in [-0.2, 0) is 6.42 Å². The van der Waals surface area contributed by atoms with E-state index in [1.807, 2.05) is 12.1 Å². The quantitative estimate of drug-likeness (QED) is 0.565. The fraction of sp³-hybridized carbons (Fsp3) is 0.318. The van der Waals surface area contributed by atoms with Gasteiger partial charge >= 0.3 is 0 Å². The second-order valence-corrected chi connectivity index (χ2v) is 7.10. The van der Waals surface area contributed by atoms with Crippen molar-refractivity contribution < 1.29 is 9.47 Å². The van der Waals surface area contributed by atoms with Crippen LogP contribution >= 0.6 is 0 Å². The Bertz CT molecular complexity index is 999. The topological polar surface area (TPSA) is 46.6 Å². The van der Waals surface area contributed by atoms with E-state index in [9.17, 15) is 0 Å². The van der Waals surface area contributed by atoms with E-state index in [4.69, 9.17) is 14.5 Å². The number of benzene rings is 2. The van der Waals surface area contributed by atoms with Crippen molar-refractivity contribution in [3.05, 3.63) is 47.5 Å². The number of anilines is 1. The third kappa shape index (κ3) is 3.08. The fourth-order valence-electron chi connectivity index (χ4n) is 3.73. The van der Waals surface area contributed by atoms with Crippen molar-refractivity contribution in [3.63, 3.8) is 0 Å². The number of hydrogen-bond acceptors (Lipinski definition) is 5. The van der Waals surface area contributed by atoms with Crippen LogP contribution in [0.15, 0.2) is 36.4 Å². The summed E-state index contributed by atoms with van der Waals surface area (Å²) in [5.74, 6) is 1.50.